The van der Waals surface area contributed by atoms with Gasteiger partial charge in [-0.2, -0.15) is 0 Å². The van der Waals surface area contributed by atoms with Crippen molar-refractivity contribution >= 4 is 0 Å². The summed E-state index contributed by atoms with van der Waals surface area (Å²) in [5.74, 6) is 0. The molecule has 0 amide bonds. The monoisotopic (exact) mass is 254 g/mol. The molecule has 2 aromatic rings. The van der Waals surface area contributed by atoms with Gasteiger partial charge in [0, 0.05) is 18.4 Å². The first-order valence-electron chi connectivity index (χ1n) is 7.00. The normalized spacial score (nSPS) is 12.3. The number of hydrogen-bond acceptors (Lipinski definition) is 2. The van der Waals surface area contributed by atoms with E-state index in [9.17, 15) is 0 Å². The molecule has 1 atom stereocenters. The fraction of sp³-hybridized carbons (Fsp3) is 0.353. The lowest BCUT2D eigenvalue weighted by atomic mass is 10.0. The van der Waals surface area contributed by atoms with Crippen LogP contribution in [0.5, 0.6) is 0 Å². The molecule has 0 saturated heterocycles. The molecule has 0 saturated carbocycles. The van der Waals surface area contributed by atoms with Crippen molar-refractivity contribution in [2.75, 3.05) is 6.54 Å². The zero-order chi connectivity index (χ0) is 13.5. The molecule has 100 valence electrons. The number of hydrogen-bond donors (Lipinski definition) is 1. The standard InChI is InChI=1S/C17H22N2/c1-3-9-19-14(2)17-8-4-6-15(12-17)11-16-7-5-10-18-13-16/h4-8,10,12-14,19H,3,9,11H2,1-2H3. The highest BCUT2D eigenvalue weighted by Crippen LogP contribution is 2.16. The zero-order valence-electron chi connectivity index (χ0n) is 11.8. The van der Waals surface area contributed by atoms with Gasteiger partial charge in [0.15, 0.2) is 0 Å². The van der Waals surface area contributed by atoms with Gasteiger partial charge in [-0.25, -0.2) is 0 Å². The molecule has 2 nitrogen and oxygen atoms in total. The van der Waals surface area contributed by atoms with Crippen LogP contribution >= 0.6 is 0 Å². The fourth-order valence-electron chi connectivity index (χ4n) is 2.19. The van der Waals surface area contributed by atoms with Crippen LogP contribution in [0.1, 0.15) is 43.0 Å². The van der Waals surface area contributed by atoms with E-state index in [0.717, 1.165) is 13.0 Å². The van der Waals surface area contributed by atoms with Crippen LogP contribution in [0.4, 0.5) is 0 Å². The van der Waals surface area contributed by atoms with E-state index in [1.807, 2.05) is 18.5 Å². The summed E-state index contributed by atoms with van der Waals surface area (Å²) < 4.78 is 0. The Kier molecular flexibility index (Phi) is 5.10. The second-order valence-electron chi connectivity index (χ2n) is 4.96. The smallest absolute Gasteiger partial charge is 0.0303 e. The lowest BCUT2D eigenvalue weighted by Gasteiger charge is -2.14. The van der Waals surface area contributed by atoms with Gasteiger partial charge in [0.25, 0.3) is 0 Å². The molecular weight excluding hydrogens is 232 g/mol. The van der Waals surface area contributed by atoms with E-state index in [1.165, 1.54) is 23.1 Å². The van der Waals surface area contributed by atoms with Crippen LogP contribution in [0.15, 0.2) is 48.8 Å². The van der Waals surface area contributed by atoms with E-state index >= 15 is 0 Å². The fourth-order valence-corrected chi connectivity index (χ4v) is 2.19. The van der Waals surface area contributed by atoms with E-state index < -0.39 is 0 Å². The minimum absolute atomic E-state index is 0.411. The van der Waals surface area contributed by atoms with Crippen LogP contribution in [0.3, 0.4) is 0 Å². The van der Waals surface area contributed by atoms with Crippen molar-refractivity contribution in [3.8, 4) is 0 Å². The van der Waals surface area contributed by atoms with E-state index in [2.05, 4.69) is 54.5 Å². The third-order valence-corrected chi connectivity index (χ3v) is 3.28. The number of nitrogens with zero attached hydrogens (tertiary/aromatic N) is 1. The Balaban J connectivity index is 2.06. The summed E-state index contributed by atoms with van der Waals surface area (Å²) in [6, 6.07) is 13.3. The zero-order valence-corrected chi connectivity index (χ0v) is 11.8. The molecular formula is C17H22N2. The van der Waals surface area contributed by atoms with Crippen molar-refractivity contribution in [3.05, 3.63) is 65.5 Å². The lowest BCUT2D eigenvalue weighted by molar-refractivity contribution is 0.570. The van der Waals surface area contributed by atoms with Crippen LogP contribution in [-0.2, 0) is 6.42 Å². The van der Waals surface area contributed by atoms with Gasteiger partial charge in [-0.15, -0.1) is 0 Å². The first kappa shape index (κ1) is 13.8. The SMILES string of the molecule is CCCNC(C)c1cccc(Cc2cccnc2)c1. The summed E-state index contributed by atoms with van der Waals surface area (Å²) in [6.07, 6.45) is 5.87. The van der Waals surface area contributed by atoms with Crippen molar-refractivity contribution in [3.63, 3.8) is 0 Å². The summed E-state index contributed by atoms with van der Waals surface area (Å²) in [5, 5.41) is 3.53. The van der Waals surface area contributed by atoms with Gasteiger partial charge < -0.3 is 5.32 Å². The number of nitrogens with one attached hydrogen (secondary N) is 1. The van der Waals surface area contributed by atoms with Crippen LogP contribution in [0.2, 0.25) is 0 Å². The summed E-state index contributed by atoms with van der Waals surface area (Å²) in [6.45, 7) is 5.48. The Morgan fingerprint density at radius 3 is 2.74 bits per heavy atom. The molecule has 1 heterocycles. The molecule has 1 aromatic heterocycles. The molecule has 0 radical (unpaired) electrons. The predicted molar refractivity (Wildman–Crippen MR) is 80.2 cm³/mol. The highest BCUT2D eigenvalue weighted by Gasteiger charge is 2.05. The van der Waals surface area contributed by atoms with Crippen LogP contribution in [0, 0.1) is 0 Å². The molecule has 0 fully saturated rings. The van der Waals surface area contributed by atoms with Crippen LogP contribution < -0.4 is 5.32 Å². The van der Waals surface area contributed by atoms with Gasteiger partial charge in [0.2, 0.25) is 0 Å². The molecule has 2 rings (SSSR count). The molecule has 0 spiro atoms. The van der Waals surface area contributed by atoms with Crippen LogP contribution in [0.25, 0.3) is 0 Å². The molecule has 0 bridgehead atoms. The molecule has 2 heteroatoms. The van der Waals surface area contributed by atoms with E-state index in [4.69, 9.17) is 0 Å². The Morgan fingerprint density at radius 2 is 2.00 bits per heavy atom. The predicted octanol–water partition coefficient (Wildman–Crippen LogP) is 3.73. The third-order valence-electron chi connectivity index (χ3n) is 3.28. The molecule has 1 N–H and O–H groups in total. The first-order chi connectivity index (χ1) is 9.29. The van der Waals surface area contributed by atoms with Gasteiger partial charge in [0.1, 0.15) is 0 Å². The highest BCUT2D eigenvalue weighted by atomic mass is 14.9. The Labute approximate surface area is 115 Å². The molecule has 19 heavy (non-hydrogen) atoms. The Morgan fingerprint density at radius 1 is 1.16 bits per heavy atom. The van der Waals surface area contributed by atoms with Crippen molar-refractivity contribution in [2.45, 2.75) is 32.7 Å². The minimum Gasteiger partial charge on any atom is -0.310 e. The quantitative estimate of drug-likeness (QED) is 0.849. The third kappa shape index (κ3) is 4.18. The second-order valence-corrected chi connectivity index (χ2v) is 4.96. The maximum atomic E-state index is 4.17. The largest absolute Gasteiger partial charge is 0.310 e. The van der Waals surface area contributed by atoms with Crippen molar-refractivity contribution in [1.82, 2.24) is 10.3 Å². The van der Waals surface area contributed by atoms with Crippen LogP contribution in [-0.4, -0.2) is 11.5 Å². The van der Waals surface area contributed by atoms with Crippen molar-refractivity contribution < 1.29 is 0 Å². The molecule has 0 aliphatic carbocycles. The van der Waals surface area contributed by atoms with Crippen molar-refractivity contribution in [2.24, 2.45) is 0 Å². The number of pyridine rings is 1. The molecule has 1 aromatic carbocycles. The summed E-state index contributed by atoms with van der Waals surface area (Å²) in [5.41, 5.74) is 3.96. The lowest BCUT2D eigenvalue weighted by Crippen LogP contribution is -2.19. The average molecular weight is 254 g/mol. The maximum absolute atomic E-state index is 4.17. The maximum Gasteiger partial charge on any atom is 0.0303 e. The Hall–Kier alpha value is -1.67. The number of aromatic nitrogens is 1. The van der Waals surface area contributed by atoms with E-state index in [0.29, 0.717) is 6.04 Å². The van der Waals surface area contributed by atoms with Crippen molar-refractivity contribution in [1.29, 1.82) is 0 Å². The Bertz CT molecular complexity index is 494. The minimum atomic E-state index is 0.411. The van der Waals surface area contributed by atoms with E-state index in [-0.39, 0.29) is 0 Å². The highest BCUT2D eigenvalue weighted by molar-refractivity contribution is 5.29. The van der Waals surface area contributed by atoms with Gasteiger partial charge in [-0.05, 0) is 49.1 Å². The molecule has 1 unspecified atom stereocenters. The van der Waals surface area contributed by atoms with Gasteiger partial charge in [-0.1, -0.05) is 37.3 Å². The summed E-state index contributed by atoms with van der Waals surface area (Å²) in [7, 11) is 0. The molecule has 0 aliphatic rings. The molecule has 0 aliphatic heterocycles. The van der Waals surface area contributed by atoms with Gasteiger partial charge in [0.05, 0.1) is 0 Å². The first-order valence-corrected chi connectivity index (χ1v) is 7.00. The number of benzene rings is 1. The second kappa shape index (κ2) is 7.05. The van der Waals surface area contributed by atoms with Gasteiger partial charge >= 0.3 is 0 Å². The summed E-state index contributed by atoms with van der Waals surface area (Å²) in [4.78, 5) is 4.17. The topological polar surface area (TPSA) is 24.9 Å². The van der Waals surface area contributed by atoms with Gasteiger partial charge in [-0.3, -0.25) is 4.98 Å². The number of rotatable bonds is 6. The average Bonchev–Trinajstić information content (AvgIpc) is 2.46. The van der Waals surface area contributed by atoms with E-state index in [1.54, 1.807) is 0 Å². The summed E-state index contributed by atoms with van der Waals surface area (Å²) >= 11 is 0.